The number of ether oxygens (including phenoxy) is 1. The molecule has 2 aromatic carbocycles. The number of hydrogen-bond acceptors (Lipinski definition) is 3. The predicted molar refractivity (Wildman–Crippen MR) is 128 cm³/mol. The molecule has 0 spiro atoms. The number of carboxylic acids is 1. The van der Waals surface area contributed by atoms with Gasteiger partial charge in [-0.3, -0.25) is 0 Å². The number of imidazole rings is 1. The monoisotopic (exact) mass is 488 g/mol. The van der Waals surface area contributed by atoms with Gasteiger partial charge in [0.2, 0.25) is 0 Å². The SMILES string of the molecule is Cc1cc2c(cc1C(=O)O)nc(Cc1ccc(OC(F)(F)F)cc1)n2C[C@@H]1C[C@H](C)CC(C)(C)C1. The van der Waals surface area contributed by atoms with E-state index in [1.165, 1.54) is 18.6 Å². The molecule has 2 atom stereocenters. The molecule has 0 bridgehead atoms. The van der Waals surface area contributed by atoms with Crippen LogP contribution in [0.1, 0.15) is 67.3 Å². The normalized spacial score (nSPS) is 20.2. The Hall–Kier alpha value is -3.03. The molecule has 1 saturated carbocycles. The van der Waals surface area contributed by atoms with Gasteiger partial charge >= 0.3 is 12.3 Å². The van der Waals surface area contributed by atoms with E-state index in [1.54, 1.807) is 25.1 Å². The van der Waals surface area contributed by atoms with Crippen molar-refractivity contribution in [3.63, 3.8) is 0 Å². The summed E-state index contributed by atoms with van der Waals surface area (Å²) in [7, 11) is 0. The lowest BCUT2D eigenvalue weighted by Gasteiger charge is -2.39. The fourth-order valence-corrected chi connectivity index (χ4v) is 5.83. The number of carboxylic acid groups (broad SMARTS) is 1. The molecule has 1 aliphatic carbocycles. The topological polar surface area (TPSA) is 64.3 Å². The summed E-state index contributed by atoms with van der Waals surface area (Å²) >= 11 is 0. The minimum Gasteiger partial charge on any atom is -0.478 e. The van der Waals surface area contributed by atoms with Crippen molar-refractivity contribution in [3.8, 4) is 5.75 Å². The van der Waals surface area contributed by atoms with Crippen LogP contribution in [-0.2, 0) is 13.0 Å². The van der Waals surface area contributed by atoms with Crippen molar-refractivity contribution in [2.24, 2.45) is 17.3 Å². The molecule has 0 saturated heterocycles. The molecule has 0 amide bonds. The van der Waals surface area contributed by atoms with Crippen LogP contribution in [-0.4, -0.2) is 27.0 Å². The molecular formula is C27H31F3N2O3. The Bertz CT molecular complexity index is 1230. The van der Waals surface area contributed by atoms with Gasteiger partial charge in [0.1, 0.15) is 11.6 Å². The maximum absolute atomic E-state index is 12.5. The zero-order chi connectivity index (χ0) is 25.5. The first-order chi connectivity index (χ1) is 16.3. The van der Waals surface area contributed by atoms with Crippen LogP contribution in [0.5, 0.6) is 5.75 Å². The predicted octanol–water partition coefficient (Wildman–Crippen LogP) is 6.99. The van der Waals surface area contributed by atoms with E-state index in [2.05, 4.69) is 30.1 Å². The Balaban J connectivity index is 1.70. The summed E-state index contributed by atoms with van der Waals surface area (Å²) in [6, 6.07) is 9.30. The van der Waals surface area contributed by atoms with E-state index in [1.807, 2.05) is 6.07 Å². The summed E-state index contributed by atoms with van der Waals surface area (Å²) in [5.74, 6) is 0.566. The van der Waals surface area contributed by atoms with Gasteiger partial charge in [-0.1, -0.05) is 32.9 Å². The Morgan fingerprint density at radius 2 is 1.89 bits per heavy atom. The van der Waals surface area contributed by atoms with E-state index in [0.717, 1.165) is 36.3 Å². The van der Waals surface area contributed by atoms with Crippen molar-refractivity contribution in [3.05, 3.63) is 58.9 Å². The number of nitrogens with zero attached hydrogens (tertiary/aromatic N) is 2. The quantitative estimate of drug-likeness (QED) is 0.406. The van der Waals surface area contributed by atoms with Crippen molar-refractivity contribution >= 4 is 17.0 Å². The first kappa shape index (κ1) is 25.1. The Morgan fingerprint density at radius 3 is 2.49 bits per heavy atom. The van der Waals surface area contributed by atoms with Crippen LogP contribution >= 0.6 is 0 Å². The number of aromatic nitrogens is 2. The van der Waals surface area contributed by atoms with E-state index < -0.39 is 12.3 Å². The second-order valence-corrected chi connectivity index (χ2v) is 10.7. The summed E-state index contributed by atoms with van der Waals surface area (Å²) in [4.78, 5) is 16.5. The van der Waals surface area contributed by atoms with E-state index in [4.69, 9.17) is 4.98 Å². The Morgan fingerprint density at radius 1 is 1.20 bits per heavy atom. The van der Waals surface area contributed by atoms with Crippen molar-refractivity contribution in [2.45, 2.75) is 66.3 Å². The van der Waals surface area contributed by atoms with Gasteiger partial charge in [0.05, 0.1) is 16.6 Å². The first-order valence-corrected chi connectivity index (χ1v) is 11.9. The number of aryl methyl sites for hydroxylation is 1. The second-order valence-electron chi connectivity index (χ2n) is 10.7. The maximum Gasteiger partial charge on any atom is 0.573 e. The molecule has 188 valence electrons. The highest BCUT2D eigenvalue weighted by Crippen LogP contribution is 2.42. The molecule has 3 aromatic rings. The molecule has 1 fully saturated rings. The zero-order valence-electron chi connectivity index (χ0n) is 20.4. The van der Waals surface area contributed by atoms with Crippen LogP contribution in [0.3, 0.4) is 0 Å². The van der Waals surface area contributed by atoms with Gasteiger partial charge in [0.25, 0.3) is 0 Å². The van der Waals surface area contributed by atoms with Crippen LogP contribution in [0, 0.1) is 24.2 Å². The van der Waals surface area contributed by atoms with Gasteiger partial charge in [0.15, 0.2) is 0 Å². The van der Waals surface area contributed by atoms with Crippen LogP contribution in [0.15, 0.2) is 36.4 Å². The van der Waals surface area contributed by atoms with Gasteiger partial charge in [-0.15, -0.1) is 13.2 Å². The van der Waals surface area contributed by atoms with E-state index in [9.17, 15) is 23.1 Å². The van der Waals surface area contributed by atoms with Gasteiger partial charge < -0.3 is 14.4 Å². The number of aromatic carboxylic acids is 1. The van der Waals surface area contributed by atoms with Crippen LogP contribution < -0.4 is 4.74 Å². The number of carbonyl (C=O) groups is 1. The highest BCUT2D eigenvalue weighted by Gasteiger charge is 2.33. The minimum absolute atomic E-state index is 0.217. The number of hydrogen-bond donors (Lipinski definition) is 1. The lowest BCUT2D eigenvalue weighted by Crippen LogP contribution is -2.30. The molecule has 0 aliphatic heterocycles. The van der Waals surface area contributed by atoms with Crippen LogP contribution in [0.2, 0.25) is 0 Å². The smallest absolute Gasteiger partial charge is 0.478 e. The minimum atomic E-state index is -4.74. The Labute approximate surface area is 202 Å². The molecule has 8 heteroatoms. The lowest BCUT2D eigenvalue weighted by molar-refractivity contribution is -0.274. The number of benzene rings is 2. The molecule has 4 rings (SSSR count). The van der Waals surface area contributed by atoms with Gasteiger partial charge in [-0.25, -0.2) is 9.78 Å². The standard InChI is InChI=1S/C27H31F3N2O3/c1-16-9-19(14-26(3,4)13-16)15-32-23-10-17(2)21(25(33)34)12-22(23)31-24(32)11-18-5-7-20(8-6-18)35-27(28,29)30/h5-8,10,12,16,19H,9,11,13-15H2,1-4H3,(H,33,34)/t16-,19+/m0/s1. The molecule has 1 aromatic heterocycles. The number of halogens is 3. The molecule has 1 N–H and O–H groups in total. The summed E-state index contributed by atoms with van der Waals surface area (Å²) in [6.45, 7) is 9.44. The third-order valence-electron chi connectivity index (χ3n) is 6.84. The molecule has 0 radical (unpaired) electrons. The summed E-state index contributed by atoms with van der Waals surface area (Å²) < 4.78 is 43.7. The zero-order valence-corrected chi connectivity index (χ0v) is 20.4. The summed E-state index contributed by atoms with van der Waals surface area (Å²) in [6.07, 6.45) is -0.937. The molecular weight excluding hydrogens is 457 g/mol. The van der Waals surface area contributed by atoms with Crippen LogP contribution in [0.25, 0.3) is 11.0 Å². The molecule has 1 heterocycles. The third kappa shape index (κ3) is 5.97. The van der Waals surface area contributed by atoms with E-state index in [-0.39, 0.29) is 16.7 Å². The Kier molecular flexibility index (Phi) is 6.60. The molecule has 0 unspecified atom stereocenters. The number of rotatable bonds is 6. The average Bonchev–Trinajstić information content (AvgIpc) is 3.02. The van der Waals surface area contributed by atoms with Crippen molar-refractivity contribution in [2.75, 3.05) is 0 Å². The fourth-order valence-electron chi connectivity index (χ4n) is 5.83. The molecule has 5 nitrogen and oxygen atoms in total. The van der Waals surface area contributed by atoms with Crippen molar-refractivity contribution < 1.29 is 27.8 Å². The third-order valence-corrected chi connectivity index (χ3v) is 6.84. The van der Waals surface area contributed by atoms with Gasteiger partial charge in [0, 0.05) is 13.0 Å². The van der Waals surface area contributed by atoms with E-state index in [0.29, 0.717) is 29.3 Å². The number of alkyl halides is 3. The average molecular weight is 489 g/mol. The highest BCUT2D eigenvalue weighted by atomic mass is 19.4. The van der Waals surface area contributed by atoms with Crippen molar-refractivity contribution in [1.29, 1.82) is 0 Å². The number of fused-ring (bicyclic) bond motifs is 1. The van der Waals surface area contributed by atoms with Crippen LogP contribution in [0.4, 0.5) is 13.2 Å². The summed E-state index contributed by atoms with van der Waals surface area (Å²) in [5, 5.41) is 9.56. The molecule has 35 heavy (non-hydrogen) atoms. The molecule has 1 aliphatic rings. The van der Waals surface area contributed by atoms with E-state index >= 15 is 0 Å². The highest BCUT2D eigenvalue weighted by molar-refractivity contribution is 5.94. The van der Waals surface area contributed by atoms with Crippen molar-refractivity contribution in [1.82, 2.24) is 9.55 Å². The first-order valence-electron chi connectivity index (χ1n) is 11.9. The largest absolute Gasteiger partial charge is 0.573 e. The van der Waals surface area contributed by atoms with Gasteiger partial charge in [-0.2, -0.15) is 0 Å². The lowest BCUT2D eigenvalue weighted by atomic mass is 9.68. The second kappa shape index (κ2) is 9.21. The maximum atomic E-state index is 12.5. The summed E-state index contributed by atoms with van der Waals surface area (Å²) in [5.41, 5.74) is 3.43. The van der Waals surface area contributed by atoms with Gasteiger partial charge in [-0.05, 0) is 78.8 Å². The fraction of sp³-hybridized carbons (Fsp3) is 0.481.